The lowest BCUT2D eigenvalue weighted by atomic mass is 10.1. The van der Waals surface area contributed by atoms with Crippen molar-refractivity contribution in [3.63, 3.8) is 0 Å². The van der Waals surface area contributed by atoms with Crippen molar-refractivity contribution < 1.29 is 13.6 Å². The Bertz CT molecular complexity index is 421. The fourth-order valence-electron chi connectivity index (χ4n) is 1.32. The average molecular weight is 240 g/mol. The molecule has 0 spiro atoms. The van der Waals surface area contributed by atoms with Crippen LogP contribution in [-0.4, -0.2) is 12.5 Å². The lowest BCUT2D eigenvalue weighted by Crippen LogP contribution is -2.25. The molecule has 0 heterocycles. The Balaban J connectivity index is 2.79. The molecule has 3 N–H and O–H groups in total. The maximum atomic E-state index is 13.3. The van der Waals surface area contributed by atoms with E-state index < -0.39 is 17.5 Å². The predicted octanol–water partition coefficient (Wildman–Crippen LogP) is 2.24. The Kier molecular flexibility index (Phi) is 4.63. The van der Waals surface area contributed by atoms with Crippen molar-refractivity contribution in [2.75, 3.05) is 12.3 Å². The lowest BCUT2D eigenvalue weighted by Gasteiger charge is -2.07. The zero-order valence-corrected chi connectivity index (χ0v) is 9.47. The van der Waals surface area contributed by atoms with E-state index in [1.54, 1.807) is 6.08 Å². The fourth-order valence-corrected chi connectivity index (χ4v) is 1.32. The van der Waals surface area contributed by atoms with Gasteiger partial charge in [-0.25, -0.2) is 8.78 Å². The molecule has 1 amide bonds. The van der Waals surface area contributed by atoms with Crippen molar-refractivity contribution in [3.05, 3.63) is 41.5 Å². The van der Waals surface area contributed by atoms with Gasteiger partial charge >= 0.3 is 0 Å². The van der Waals surface area contributed by atoms with Crippen LogP contribution in [0.2, 0.25) is 0 Å². The van der Waals surface area contributed by atoms with Gasteiger partial charge in [-0.05, 0) is 12.5 Å². The highest BCUT2D eigenvalue weighted by atomic mass is 19.1. The molecule has 0 bridgehead atoms. The Hall–Kier alpha value is -1.91. The van der Waals surface area contributed by atoms with E-state index in [4.69, 9.17) is 5.73 Å². The third-order valence-electron chi connectivity index (χ3n) is 2.10. The summed E-state index contributed by atoms with van der Waals surface area (Å²) >= 11 is 0. The van der Waals surface area contributed by atoms with Gasteiger partial charge in [0.15, 0.2) is 0 Å². The number of benzene rings is 1. The van der Waals surface area contributed by atoms with Gasteiger partial charge in [0.25, 0.3) is 5.91 Å². The third-order valence-corrected chi connectivity index (χ3v) is 2.10. The lowest BCUT2D eigenvalue weighted by molar-refractivity contribution is 0.0955. The Labute approximate surface area is 98.3 Å². The van der Waals surface area contributed by atoms with Gasteiger partial charge in [0.2, 0.25) is 0 Å². The van der Waals surface area contributed by atoms with Crippen LogP contribution in [-0.2, 0) is 0 Å². The number of halogens is 2. The molecule has 1 aromatic rings. The minimum absolute atomic E-state index is 0.209. The van der Waals surface area contributed by atoms with Crippen LogP contribution in [0.4, 0.5) is 14.5 Å². The van der Waals surface area contributed by atoms with Crippen LogP contribution in [0.15, 0.2) is 24.3 Å². The smallest absolute Gasteiger partial charge is 0.256 e. The topological polar surface area (TPSA) is 55.1 Å². The molecule has 5 heteroatoms. The number of carbonyl (C=O) groups is 1. The Morgan fingerprint density at radius 3 is 2.71 bits per heavy atom. The minimum Gasteiger partial charge on any atom is -0.398 e. The molecule has 0 radical (unpaired) electrons. The van der Waals surface area contributed by atoms with Crippen molar-refractivity contribution in [1.29, 1.82) is 0 Å². The van der Waals surface area contributed by atoms with Crippen molar-refractivity contribution in [2.24, 2.45) is 0 Å². The van der Waals surface area contributed by atoms with Crippen LogP contribution in [0.3, 0.4) is 0 Å². The molecule has 0 aromatic heterocycles. The summed E-state index contributed by atoms with van der Waals surface area (Å²) in [6.45, 7) is 2.24. The molecule has 0 saturated heterocycles. The number of allylic oxidation sites excluding steroid dienone is 1. The molecule has 1 aromatic carbocycles. The Morgan fingerprint density at radius 2 is 2.12 bits per heavy atom. The third kappa shape index (κ3) is 3.55. The van der Waals surface area contributed by atoms with E-state index in [0.29, 0.717) is 6.07 Å². The predicted molar refractivity (Wildman–Crippen MR) is 62.5 cm³/mol. The summed E-state index contributed by atoms with van der Waals surface area (Å²) in [5.41, 5.74) is 4.86. The monoisotopic (exact) mass is 240 g/mol. The second kappa shape index (κ2) is 5.98. The highest BCUT2D eigenvalue weighted by Gasteiger charge is 2.16. The van der Waals surface area contributed by atoms with Gasteiger partial charge in [0.1, 0.15) is 11.6 Å². The van der Waals surface area contributed by atoms with E-state index in [1.807, 2.05) is 13.0 Å². The maximum Gasteiger partial charge on any atom is 0.256 e. The molecule has 0 unspecified atom stereocenters. The number of nitrogens with one attached hydrogen (secondary N) is 1. The summed E-state index contributed by atoms with van der Waals surface area (Å²) in [6.07, 6.45) is 4.46. The van der Waals surface area contributed by atoms with Crippen molar-refractivity contribution >= 4 is 11.6 Å². The molecule has 0 saturated carbocycles. The van der Waals surface area contributed by atoms with E-state index in [9.17, 15) is 13.6 Å². The number of hydrogen-bond donors (Lipinski definition) is 2. The van der Waals surface area contributed by atoms with Crippen LogP contribution in [0.5, 0.6) is 0 Å². The molecule has 0 aliphatic rings. The summed E-state index contributed by atoms with van der Waals surface area (Å²) in [7, 11) is 0. The number of rotatable bonds is 4. The average Bonchev–Trinajstić information content (AvgIpc) is 2.23. The van der Waals surface area contributed by atoms with E-state index in [2.05, 4.69) is 5.32 Å². The van der Waals surface area contributed by atoms with E-state index >= 15 is 0 Å². The summed E-state index contributed by atoms with van der Waals surface area (Å²) in [6, 6.07) is 1.55. The van der Waals surface area contributed by atoms with E-state index in [1.165, 1.54) is 0 Å². The molecule has 0 fully saturated rings. The first-order valence-corrected chi connectivity index (χ1v) is 5.24. The molecule has 0 atom stereocenters. The zero-order valence-electron chi connectivity index (χ0n) is 9.47. The van der Waals surface area contributed by atoms with Crippen molar-refractivity contribution in [1.82, 2.24) is 5.32 Å². The number of nitrogens with two attached hydrogens (primary N) is 1. The van der Waals surface area contributed by atoms with Gasteiger partial charge in [-0.1, -0.05) is 19.1 Å². The maximum absolute atomic E-state index is 13.3. The van der Waals surface area contributed by atoms with Gasteiger partial charge in [0.05, 0.1) is 11.3 Å². The molecule has 0 aliphatic heterocycles. The highest BCUT2D eigenvalue weighted by molar-refractivity contribution is 5.99. The minimum atomic E-state index is -0.959. The molecule has 3 nitrogen and oxygen atoms in total. The first kappa shape index (κ1) is 13.2. The Morgan fingerprint density at radius 1 is 1.41 bits per heavy atom. The first-order chi connectivity index (χ1) is 8.06. The van der Waals surface area contributed by atoms with E-state index in [-0.39, 0.29) is 17.8 Å². The molecule has 1 rings (SSSR count). The van der Waals surface area contributed by atoms with Crippen LogP contribution >= 0.6 is 0 Å². The summed E-state index contributed by atoms with van der Waals surface area (Å²) in [5, 5.41) is 2.47. The van der Waals surface area contributed by atoms with Gasteiger partial charge in [0, 0.05) is 12.6 Å². The zero-order chi connectivity index (χ0) is 12.8. The van der Waals surface area contributed by atoms with Gasteiger partial charge in [-0.3, -0.25) is 4.79 Å². The van der Waals surface area contributed by atoms with Crippen molar-refractivity contribution in [2.45, 2.75) is 13.3 Å². The quantitative estimate of drug-likeness (QED) is 0.626. The first-order valence-electron chi connectivity index (χ1n) is 5.24. The largest absolute Gasteiger partial charge is 0.398 e. The summed E-state index contributed by atoms with van der Waals surface area (Å²) in [4.78, 5) is 11.6. The number of anilines is 1. The number of nitrogen functional groups attached to an aromatic ring is 1. The molecule has 17 heavy (non-hydrogen) atoms. The second-order valence-electron chi connectivity index (χ2n) is 3.44. The standard InChI is InChI=1S/C12H14F2N2O/c1-2-3-4-5-16-12(17)11-9(14)6-8(13)7-10(11)15/h3-4,6-7H,2,5,15H2,1H3,(H,16,17)/b4-3+. The normalized spacial score (nSPS) is 10.8. The van der Waals surface area contributed by atoms with Crippen LogP contribution < -0.4 is 11.1 Å². The van der Waals surface area contributed by atoms with Crippen LogP contribution in [0.1, 0.15) is 23.7 Å². The number of amides is 1. The molecule has 92 valence electrons. The number of hydrogen-bond acceptors (Lipinski definition) is 2. The summed E-state index contributed by atoms with van der Waals surface area (Å²) in [5.74, 6) is -2.41. The van der Waals surface area contributed by atoms with Gasteiger partial charge in [-0.2, -0.15) is 0 Å². The van der Waals surface area contributed by atoms with Gasteiger partial charge < -0.3 is 11.1 Å². The van der Waals surface area contributed by atoms with Crippen LogP contribution in [0, 0.1) is 11.6 Å². The summed E-state index contributed by atoms with van der Waals surface area (Å²) < 4.78 is 26.1. The van der Waals surface area contributed by atoms with Gasteiger partial charge in [-0.15, -0.1) is 0 Å². The molecular formula is C12H14F2N2O. The van der Waals surface area contributed by atoms with E-state index in [0.717, 1.165) is 12.5 Å². The molecule has 0 aliphatic carbocycles. The van der Waals surface area contributed by atoms with Crippen LogP contribution in [0.25, 0.3) is 0 Å². The molecular weight excluding hydrogens is 226 g/mol. The second-order valence-corrected chi connectivity index (χ2v) is 3.44. The fraction of sp³-hybridized carbons (Fsp3) is 0.250. The number of carbonyl (C=O) groups excluding carboxylic acids is 1. The highest BCUT2D eigenvalue weighted by Crippen LogP contribution is 2.17. The van der Waals surface area contributed by atoms with Crippen molar-refractivity contribution in [3.8, 4) is 0 Å². The SMILES string of the molecule is CC/C=C/CNC(=O)c1c(N)cc(F)cc1F.